The van der Waals surface area contributed by atoms with Gasteiger partial charge in [-0.2, -0.15) is 0 Å². The van der Waals surface area contributed by atoms with Crippen LogP contribution in [0.3, 0.4) is 0 Å². The van der Waals surface area contributed by atoms with Gasteiger partial charge in [0.1, 0.15) is 16.5 Å². The third-order valence-corrected chi connectivity index (χ3v) is 5.90. The molecule has 6 nitrogen and oxygen atoms in total. The molecule has 4 rings (SSSR count). The van der Waals surface area contributed by atoms with Gasteiger partial charge < -0.3 is 14.8 Å². The lowest BCUT2D eigenvalue weighted by molar-refractivity contribution is 0.152. The van der Waals surface area contributed by atoms with Crippen molar-refractivity contribution in [3.63, 3.8) is 0 Å². The molecule has 162 valence electrons. The second-order valence-corrected chi connectivity index (χ2v) is 7.55. The van der Waals surface area contributed by atoms with E-state index in [1.54, 1.807) is 25.6 Å². The maximum atomic E-state index is 5.54. The third kappa shape index (κ3) is 5.42. The maximum absolute atomic E-state index is 5.54. The van der Waals surface area contributed by atoms with Crippen LogP contribution >= 0.6 is 36.2 Å². The molecular weight excluding hydrogens is 443 g/mol. The lowest BCUT2D eigenvalue weighted by Crippen LogP contribution is -2.45. The maximum Gasteiger partial charge on any atom is 0.132 e. The van der Waals surface area contributed by atoms with Crippen molar-refractivity contribution in [2.24, 2.45) is 0 Å². The topological polar surface area (TPSA) is 59.5 Å². The van der Waals surface area contributed by atoms with Crippen LogP contribution in [-0.4, -0.2) is 48.7 Å². The summed E-state index contributed by atoms with van der Waals surface area (Å²) in [6.07, 6.45) is 3.78. The minimum atomic E-state index is 0. The van der Waals surface area contributed by atoms with Crippen LogP contribution in [0.1, 0.15) is 17.3 Å². The molecule has 0 radical (unpaired) electrons. The molecule has 9 heteroatoms. The second kappa shape index (κ2) is 11.5. The molecule has 1 aromatic carbocycles. The number of pyridine rings is 1. The van der Waals surface area contributed by atoms with Crippen molar-refractivity contribution in [2.75, 3.05) is 33.9 Å². The van der Waals surface area contributed by atoms with E-state index in [0.29, 0.717) is 6.04 Å². The van der Waals surface area contributed by atoms with Crippen molar-refractivity contribution in [1.29, 1.82) is 0 Å². The fourth-order valence-corrected chi connectivity index (χ4v) is 4.36. The number of hydrogen-bond acceptors (Lipinski definition) is 7. The van der Waals surface area contributed by atoms with Crippen molar-refractivity contribution in [1.82, 2.24) is 20.2 Å². The summed E-state index contributed by atoms with van der Waals surface area (Å²) in [5, 5.41) is 6.59. The molecule has 0 spiro atoms. The average molecular weight is 469 g/mol. The van der Waals surface area contributed by atoms with Gasteiger partial charge in [0, 0.05) is 56.1 Å². The number of benzene rings is 1. The van der Waals surface area contributed by atoms with Crippen LogP contribution in [0.15, 0.2) is 48.1 Å². The Balaban J connectivity index is 0.00000160. The molecule has 0 amide bonds. The monoisotopic (exact) mass is 468 g/mol. The third-order valence-electron chi connectivity index (χ3n) is 4.98. The highest BCUT2D eigenvalue weighted by Crippen LogP contribution is 2.35. The van der Waals surface area contributed by atoms with Gasteiger partial charge in [-0.1, -0.05) is 6.07 Å². The molecule has 0 aliphatic carbocycles. The lowest BCUT2D eigenvalue weighted by atomic mass is 10.1. The lowest BCUT2D eigenvalue weighted by Gasteiger charge is -2.35. The van der Waals surface area contributed by atoms with Gasteiger partial charge in [0.2, 0.25) is 0 Å². The van der Waals surface area contributed by atoms with Crippen molar-refractivity contribution in [3.05, 3.63) is 59.4 Å². The Bertz CT molecular complexity index is 926. The van der Waals surface area contributed by atoms with Crippen LogP contribution < -0.4 is 14.8 Å². The molecule has 30 heavy (non-hydrogen) atoms. The van der Waals surface area contributed by atoms with E-state index in [1.165, 1.54) is 5.56 Å². The molecular formula is C21H26Cl2N4O2S. The summed E-state index contributed by atoms with van der Waals surface area (Å²) in [6, 6.07) is 10.3. The molecule has 1 aliphatic heterocycles. The largest absolute Gasteiger partial charge is 0.497 e. The first kappa shape index (κ1) is 24.4. The summed E-state index contributed by atoms with van der Waals surface area (Å²) in [7, 11) is 3.33. The number of thiazole rings is 1. The van der Waals surface area contributed by atoms with Crippen LogP contribution in [0, 0.1) is 0 Å². The number of methoxy groups -OCH3 is 2. The average Bonchev–Trinajstić information content (AvgIpc) is 3.22. The van der Waals surface area contributed by atoms with Crippen LogP contribution in [0.5, 0.6) is 11.5 Å². The van der Waals surface area contributed by atoms with Crippen LogP contribution in [0.25, 0.3) is 10.6 Å². The minimum Gasteiger partial charge on any atom is -0.497 e. The first-order valence-corrected chi connectivity index (χ1v) is 10.2. The highest BCUT2D eigenvalue weighted by atomic mass is 35.5. The molecule has 2 aromatic heterocycles. The van der Waals surface area contributed by atoms with Crippen molar-refractivity contribution >= 4 is 36.2 Å². The number of rotatable bonds is 6. The fraction of sp³-hybridized carbons (Fsp3) is 0.333. The molecule has 3 heterocycles. The zero-order chi connectivity index (χ0) is 19.3. The van der Waals surface area contributed by atoms with E-state index >= 15 is 0 Å². The summed E-state index contributed by atoms with van der Waals surface area (Å²) in [5.41, 5.74) is 3.30. The highest BCUT2D eigenvalue weighted by Gasteiger charge is 2.25. The first-order chi connectivity index (χ1) is 13.8. The number of nitrogens with zero attached hydrogens (tertiary/aromatic N) is 3. The summed E-state index contributed by atoms with van der Waals surface area (Å²) in [5.74, 6) is 1.55. The Morgan fingerprint density at radius 2 is 2.07 bits per heavy atom. The molecule has 1 saturated heterocycles. The summed E-state index contributed by atoms with van der Waals surface area (Å²) < 4.78 is 10.8. The summed E-state index contributed by atoms with van der Waals surface area (Å²) >= 11 is 1.64. The molecule has 0 bridgehead atoms. The van der Waals surface area contributed by atoms with Crippen LogP contribution in [0.4, 0.5) is 0 Å². The van der Waals surface area contributed by atoms with Gasteiger partial charge in [-0.05, 0) is 23.8 Å². The predicted molar refractivity (Wildman–Crippen MR) is 125 cm³/mol. The SMILES string of the molecule is COc1ccc(-c2nc(CN3CCNCC3c3cccnc3)cs2)c(OC)c1.Cl.Cl. The molecule has 1 fully saturated rings. The van der Waals surface area contributed by atoms with Gasteiger partial charge in [-0.15, -0.1) is 36.2 Å². The van der Waals surface area contributed by atoms with E-state index in [1.807, 2.05) is 36.7 Å². The molecule has 1 atom stereocenters. The number of nitrogens with one attached hydrogen (secondary N) is 1. The Hall–Kier alpha value is -1.90. The van der Waals surface area contributed by atoms with E-state index < -0.39 is 0 Å². The highest BCUT2D eigenvalue weighted by molar-refractivity contribution is 7.13. The Kier molecular flexibility index (Phi) is 9.33. The standard InChI is InChI=1S/C21H24N4O2S.2ClH/c1-26-17-5-6-18(20(10-17)27-2)21-24-16(14-28-21)13-25-9-8-23-12-19(25)15-4-3-7-22-11-15;;/h3-7,10-11,14,19,23H,8-9,12-13H2,1-2H3;2*1H. The van der Waals surface area contributed by atoms with Crippen molar-refractivity contribution < 1.29 is 9.47 Å². The van der Waals surface area contributed by atoms with Gasteiger partial charge in [-0.25, -0.2) is 4.98 Å². The number of aromatic nitrogens is 2. The molecule has 1 unspecified atom stereocenters. The Morgan fingerprint density at radius 3 is 2.80 bits per heavy atom. The smallest absolute Gasteiger partial charge is 0.132 e. The number of piperazine rings is 1. The van der Waals surface area contributed by atoms with Crippen LogP contribution in [-0.2, 0) is 6.54 Å². The minimum absolute atomic E-state index is 0. The summed E-state index contributed by atoms with van der Waals surface area (Å²) in [4.78, 5) is 11.6. The normalized spacial score (nSPS) is 16.3. The molecule has 1 aliphatic rings. The Labute approximate surface area is 193 Å². The van der Waals surface area contributed by atoms with Crippen LogP contribution in [0.2, 0.25) is 0 Å². The van der Waals surface area contributed by atoms with E-state index in [2.05, 4.69) is 26.6 Å². The number of halogens is 2. The van der Waals surface area contributed by atoms with Gasteiger partial charge in [-0.3, -0.25) is 9.88 Å². The first-order valence-electron chi connectivity index (χ1n) is 9.30. The quantitative estimate of drug-likeness (QED) is 0.584. The van der Waals surface area contributed by atoms with E-state index in [0.717, 1.165) is 53.9 Å². The van der Waals surface area contributed by atoms with Crippen molar-refractivity contribution in [2.45, 2.75) is 12.6 Å². The molecule has 1 N–H and O–H groups in total. The zero-order valence-corrected chi connectivity index (χ0v) is 19.4. The van der Waals surface area contributed by atoms with Gasteiger partial charge in [0.25, 0.3) is 0 Å². The van der Waals surface area contributed by atoms with Crippen molar-refractivity contribution in [3.8, 4) is 22.1 Å². The number of hydrogen-bond donors (Lipinski definition) is 1. The van der Waals surface area contributed by atoms with E-state index in [4.69, 9.17) is 14.5 Å². The fourth-order valence-electron chi connectivity index (χ4n) is 3.52. The van der Waals surface area contributed by atoms with Gasteiger partial charge >= 0.3 is 0 Å². The zero-order valence-electron chi connectivity index (χ0n) is 16.9. The summed E-state index contributed by atoms with van der Waals surface area (Å²) in [6.45, 7) is 3.71. The van der Waals surface area contributed by atoms with E-state index in [9.17, 15) is 0 Å². The molecule has 0 saturated carbocycles. The number of ether oxygens (including phenoxy) is 2. The van der Waals surface area contributed by atoms with Gasteiger partial charge in [0.15, 0.2) is 0 Å². The molecule has 3 aromatic rings. The second-order valence-electron chi connectivity index (χ2n) is 6.69. The Morgan fingerprint density at radius 1 is 1.20 bits per heavy atom. The van der Waals surface area contributed by atoms with E-state index in [-0.39, 0.29) is 24.8 Å². The van der Waals surface area contributed by atoms with Gasteiger partial charge in [0.05, 0.1) is 25.5 Å². The predicted octanol–water partition coefficient (Wildman–Crippen LogP) is 4.21.